The number of likely N-dealkylation sites (tertiary alicyclic amines) is 1. The van der Waals surface area contributed by atoms with E-state index in [1.165, 1.54) is 25.7 Å². The predicted molar refractivity (Wildman–Crippen MR) is 94.9 cm³/mol. The molecule has 118 valence electrons. The van der Waals surface area contributed by atoms with Crippen LogP contribution in [0.4, 0.5) is 0 Å². The van der Waals surface area contributed by atoms with Gasteiger partial charge in [0.25, 0.3) is 0 Å². The molecule has 1 unspecified atom stereocenters. The summed E-state index contributed by atoms with van der Waals surface area (Å²) in [5, 5.41) is 3.55. The van der Waals surface area contributed by atoms with Crippen molar-refractivity contribution in [1.29, 1.82) is 0 Å². The van der Waals surface area contributed by atoms with Gasteiger partial charge >= 0.3 is 0 Å². The van der Waals surface area contributed by atoms with Crippen molar-refractivity contribution in [2.75, 3.05) is 39.9 Å². The molecule has 0 saturated carbocycles. The first-order chi connectivity index (χ1) is 9.23. The molecule has 1 atom stereocenters. The van der Waals surface area contributed by atoms with Crippen LogP contribution in [-0.2, 0) is 4.74 Å². The third-order valence-corrected chi connectivity index (χ3v) is 4.84. The summed E-state index contributed by atoms with van der Waals surface area (Å²) in [7, 11) is 1.89. The molecule has 0 bridgehead atoms. The maximum atomic E-state index is 5.59. The van der Waals surface area contributed by atoms with Crippen LogP contribution in [0.3, 0.4) is 0 Å². The SMILES string of the molecule is CCC(CC)CNC(=NC)N1CCC2(CCOC2)C1.I. The van der Waals surface area contributed by atoms with Crippen LogP contribution < -0.4 is 5.32 Å². The lowest BCUT2D eigenvalue weighted by Gasteiger charge is -2.26. The number of guanidine groups is 1. The van der Waals surface area contributed by atoms with Crippen LogP contribution in [0.15, 0.2) is 4.99 Å². The van der Waals surface area contributed by atoms with E-state index in [1.54, 1.807) is 0 Å². The van der Waals surface area contributed by atoms with Gasteiger partial charge in [-0.2, -0.15) is 0 Å². The Morgan fingerprint density at radius 3 is 2.65 bits per heavy atom. The zero-order valence-corrected chi connectivity index (χ0v) is 15.5. The Kier molecular flexibility index (Phi) is 7.58. The molecule has 1 N–H and O–H groups in total. The third-order valence-electron chi connectivity index (χ3n) is 4.84. The highest BCUT2D eigenvalue weighted by molar-refractivity contribution is 14.0. The molecule has 0 aromatic heterocycles. The molecule has 0 aliphatic carbocycles. The van der Waals surface area contributed by atoms with E-state index in [9.17, 15) is 0 Å². The Balaban J connectivity index is 0.00000200. The van der Waals surface area contributed by atoms with Gasteiger partial charge in [0, 0.05) is 38.7 Å². The van der Waals surface area contributed by atoms with Crippen LogP contribution in [-0.4, -0.2) is 50.8 Å². The van der Waals surface area contributed by atoms with E-state index in [1.807, 2.05) is 7.05 Å². The number of nitrogens with zero attached hydrogens (tertiary/aromatic N) is 2. The zero-order chi connectivity index (χ0) is 13.7. The van der Waals surface area contributed by atoms with Gasteiger partial charge in [0.15, 0.2) is 5.96 Å². The molecule has 2 rings (SSSR count). The van der Waals surface area contributed by atoms with E-state index < -0.39 is 0 Å². The Labute approximate surface area is 140 Å². The minimum atomic E-state index is 0. The molecular weight excluding hydrogens is 365 g/mol. The molecule has 20 heavy (non-hydrogen) atoms. The van der Waals surface area contributed by atoms with Crippen LogP contribution in [0, 0.1) is 11.3 Å². The highest BCUT2D eigenvalue weighted by Crippen LogP contribution is 2.38. The number of nitrogens with one attached hydrogen (secondary N) is 1. The maximum Gasteiger partial charge on any atom is 0.193 e. The topological polar surface area (TPSA) is 36.9 Å². The van der Waals surface area contributed by atoms with Gasteiger partial charge in [0.05, 0.1) is 6.61 Å². The number of halogens is 1. The van der Waals surface area contributed by atoms with Gasteiger partial charge in [0.2, 0.25) is 0 Å². The smallest absolute Gasteiger partial charge is 0.193 e. The van der Waals surface area contributed by atoms with Gasteiger partial charge in [-0.3, -0.25) is 4.99 Å². The number of rotatable bonds is 4. The summed E-state index contributed by atoms with van der Waals surface area (Å²) >= 11 is 0. The normalized spacial score (nSPS) is 26.4. The number of ether oxygens (including phenoxy) is 1. The molecule has 5 heteroatoms. The molecule has 1 spiro atoms. The van der Waals surface area contributed by atoms with Crippen molar-refractivity contribution in [3.05, 3.63) is 0 Å². The Morgan fingerprint density at radius 1 is 1.35 bits per heavy atom. The number of hydrogen-bond acceptors (Lipinski definition) is 2. The van der Waals surface area contributed by atoms with Crippen LogP contribution >= 0.6 is 24.0 Å². The minimum absolute atomic E-state index is 0. The molecule has 2 heterocycles. The third kappa shape index (κ3) is 4.23. The summed E-state index contributed by atoms with van der Waals surface area (Å²) in [5.41, 5.74) is 0.409. The van der Waals surface area contributed by atoms with Crippen LogP contribution in [0.2, 0.25) is 0 Å². The monoisotopic (exact) mass is 395 g/mol. The highest BCUT2D eigenvalue weighted by Gasteiger charge is 2.42. The largest absolute Gasteiger partial charge is 0.381 e. The lowest BCUT2D eigenvalue weighted by molar-refractivity contribution is 0.156. The van der Waals surface area contributed by atoms with E-state index in [-0.39, 0.29) is 24.0 Å². The fourth-order valence-corrected chi connectivity index (χ4v) is 3.23. The van der Waals surface area contributed by atoms with E-state index in [0.29, 0.717) is 5.41 Å². The van der Waals surface area contributed by atoms with E-state index in [4.69, 9.17) is 4.74 Å². The van der Waals surface area contributed by atoms with Gasteiger partial charge in [-0.15, -0.1) is 24.0 Å². The summed E-state index contributed by atoms with van der Waals surface area (Å²) in [6.45, 7) is 9.67. The Morgan fingerprint density at radius 2 is 2.10 bits per heavy atom. The van der Waals surface area contributed by atoms with Gasteiger partial charge in [-0.25, -0.2) is 0 Å². The summed E-state index contributed by atoms with van der Waals surface area (Å²) in [4.78, 5) is 6.87. The van der Waals surface area contributed by atoms with Crippen molar-refractivity contribution in [2.24, 2.45) is 16.3 Å². The summed E-state index contributed by atoms with van der Waals surface area (Å²) in [6.07, 6.45) is 4.93. The van der Waals surface area contributed by atoms with Crippen LogP contribution in [0.25, 0.3) is 0 Å². The van der Waals surface area contributed by atoms with Crippen molar-refractivity contribution in [1.82, 2.24) is 10.2 Å². The Bertz CT molecular complexity index is 312. The van der Waals surface area contributed by atoms with Crippen molar-refractivity contribution in [3.63, 3.8) is 0 Å². The van der Waals surface area contributed by atoms with Crippen molar-refractivity contribution >= 4 is 29.9 Å². The lowest BCUT2D eigenvalue weighted by atomic mass is 9.87. The summed E-state index contributed by atoms with van der Waals surface area (Å²) in [5.74, 6) is 1.83. The molecule has 0 amide bonds. The highest BCUT2D eigenvalue weighted by atomic mass is 127. The van der Waals surface area contributed by atoms with Crippen LogP contribution in [0.1, 0.15) is 39.5 Å². The second kappa shape index (κ2) is 8.41. The maximum absolute atomic E-state index is 5.59. The van der Waals surface area contributed by atoms with Gasteiger partial charge in [0.1, 0.15) is 0 Å². The second-order valence-corrected chi connectivity index (χ2v) is 6.08. The molecule has 2 aliphatic rings. The number of hydrogen-bond donors (Lipinski definition) is 1. The summed E-state index contributed by atoms with van der Waals surface area (Å²) < 4.78 is 5.59. The van der Waals surface area contributed by atoms with Gasteiger partial charge in [-0.05, 0) is 18.8 Å². The molecule has 4 nitrogen and oxygen atoms in total. The van der Waals surface area contributed by atoms with E-state index >= 15 is 0 Å². The zero-order valence-electron chi connectivity index (χ0n) is 13.2. The molecule has 0 radical (unpaired) electrons. The standard InChI is InChI=1S/C15H29N3O.HI/c1-4-13(5-2)10-17-14(16-3)18-8-6-15(11-18)7-9-19-12-15;/h13H,4-12H2,1-3H3,(H,16,17);1H. The lowest BCUT2D eigenvalue weighted by Crippen LogP contribution is -2.43. The molecular formula is C15H30IN3O. The second-order valence-electron chi connectivity index (χ2n) is 6.08. The van der Waals surface area contributed by atoms with Gasteiger partial charge < -0.3 is 15.0 Å². The fraction of sp³-hybridized carbons (Fsp3) is 0.933. The van der Waals surface area contributed by atoms with Crippen molar-refractivity contribution < 1.29 is 4.74 Å². The van der Waals surface area contributed by atoms with Crippen LogP contribution in [0.5, 0.6) is 0 Å². The first-order valence-electron chi connectivity index (χ1n) is 7.76. The van der Waals surface area contributed by atoms with Crippen molar-refractivity contribution in [2.45, 2.75) is 39.5 Å². The molecule has 2 saturated heterocycles. The minimum Gasteiger partial charge on any atom is -0.381 e. The summed E-state index contributed by atoms with van der Waals surface area (Å²) in [6, 6.07) is 0. The quantitative estimate of drug-likeness (QED) is 0.452. The van der Waals surface area contributed by atoms with E-state index in [2.05, 4.69) is 29.1 Å². The van der Waals surface area contributed by atoms with Gasteiger partial charge in [-0.1, -0.05) is 26.7 Å². The molecule has 0 aromatic carbocycles. The molecule has 2 fully saturated rings. The predicted octanol–water partition coefficient (Wildman–Crippen LogP) is 2.73. The average Bonchev–Trinajstić information content (AvgIpc) is 3.06. The number of aliphatic imine (C=N–C) groups is 1. The first-order valence-corrected chi connectivity index (χ1v) is 7.76. The Hall–Kier alpha value is -0.0400. The van der Waals surface area contributed by atoms with E-state index in [0.717, 1.165) is 44.7 Å². The molecule has 0 aromatic rings. The van der Waals surface area contributed by atoms with Crippen molar-refractivity contribution in [3.8, 4) is 0 Å². The first kappa shape index (κ1) is 18.0. The molecule has 2 aliphatic heterocycles. The average molecular weight is 395 g/mol. The fourth-order valence-electron chi connectivity index (χ4n) is 3.23.